The Balaban J connectivity index is 1.72. The Bertz CT molecular complexity index is 1030. The Morgan fingerprint density at radius 2 is 1.88 bits per heavy atom. The number of carbonyl (C=O) groups is 1. The van der Waals surface area contributed by atoms with Crippen molar-refractivity contribution < 1.29 is 13.2 Å². The van der Waals surface area contributed by atoms with Gasteiger partial charge in [0.2, 0.25) is 15.9 Å². The SMILES string of the molecule is CN(C)S(=O)(=O)c1ccc2nc(NC(=O)CCc3ccccc3)sc2c1. The fourth-order valence-corrected chi connectivity index (χ4v) is 4.34. The molecule has 6 nitrogen and oxygen atoms in total. The summed E-state index contributed by atoms with van der Waals surface area (Å²) in [5.74, 6) is -0.117. The maximum atomic E-state index is 12.2. The van der Waals surface area contributed by atoms with E-state index in [0.29, 0.717) is 28.2 Å². The van der Waals surface area contributed by atoms with Crippen LogP contribution < -0.4 is 5.32 Å². The first-order chi connectivity index (χ1) is 12.4. The topological polar surface area (TPSA) is 79.4 Å². The number of sulfonamides is 1. The van der Waals surface area contributed by atoms with E-state index in [2.05, 4.69) is 10.3 Å². The number of hydrogen-bond donors (Lipinski definition) is 1. The Hall–Kier alpha value is -2.29. The lowest BCUT2D eigenvalue weighted by Crippen LogP contribution is -2.22. The van der Waals surface area contributed by atoms with E-state index < -0.39 is 10.0 Å². The number of carbonyl (C=O) groups excluding carboxylic acids is 1. The summed E-state index contributed by atoms with van der Waals surface area (Å²) in [6, 6.07) is 14.6. The summed E-state index contributed by atoms with van der Waals surface area (Å²) in [4.78, 5) is 16.7. The molecule has 3 rings (SSSR count). The van der Waals surface area contributed by atoms with Gasteiger partial charge in [0.1, 0.15) is 0 Å². The summed E-state index contributed by atoms with van der Waals surface area (Å²) in [5.41, 5.74) is 1.76. The molecule has 0 saturated carbocycles. The zero-order valence-electron chi connectivity index (χ0n) is 14.5. The molecule has 0 aliphatic carbocycles. The summed E-state index contributed by atoms with van der Waals surface area (Å²) in [6.07, 6.45) is 1.02. The third-order valence-corrected chi connectivity index (χ3v) is 6.61. The molecule has 26 heavy (non-hydrogen) atoms. The van der Waals surface area contributed by atoms with E-state index in [4.69, 9.17) is 0 Å². The van der Waals surface area contributed by atoms with Crippen molar-refractivity contribution in [2.75, 3.05) is 19.4 Å². The predicted octanol–water partition coefficient (Wildman–Crippen LogP) is 3.12. The fraction of sp³-hybridized carbons (Fsp3) is 0.222. The lowest BCUT2D eigenvalue weighted by atomic mass is 10.1. The number of aromatic nitrogens is 1. The number of benzene rings is 2. The predicted molar refractivity (Wildman–Crippen MR) is 104 cm³/mol. The van der Waals surface area contributed by atoms with Crippen LogP contribution in [0.5, 0.6) is 0 Å². The molecule has 0 atom stereocenters. The largest absolute Gasteiger partial charge is 0.302 e. The van der Waals surface area contributed by atoms with Gasteiger partial charge in [-0.1, -0.05) is 41.7 Å². The highest BCUT2D eigenvalue weighted by molar-refractivity contribution is 7.89. The van der Waals surface area contributed by atoms with E-state index >= 15 is 0 Å². The van der Waals surface area contributed by atoms with Crippen molar-refractivity contribution in [1.82, 2.24) is 9.29 Å². The van der Waals surface area contributed by atoms with E-state index in [1.165, 1.54) is 35.8 Å². The second-order valence-corrected chi connectivity index (χ2v) is 9.15. The summed E-state index contributed by atoms with van der Waals surface area (Å²) >= 11 is 1.26. The zero-order valence-corrected chi connectivity index (χ0v) is 16.1. The van der Waals surface area contributed by atoms with Crippen LogP contribution in [-0.2, 0) is 21.2 Å². The van der Waals surface area contributed by atoms with Gasteiger partial charge in [-0.3, -0.25) is 4.79 Å². The zero-order chi connectivity index (χ0) is 18.7. The third-order valence-electron chi connectivity index (χ3n) is 3.87. The number of anilines is 1. The molecule has 0 bridgehead atoms. The van der Waals surface area contributed by atoms with Crippen molar-refractivity contribution in [2.45, 2.75) is 17.7 Å². The van der Waals surface area contributed by atoms with Crippen LogP contribution in [0.3, 0.4) is 0 Å². The summed E-state index contributed by atoms with van der Waals surface area (Å²) in [7, 11) is -0.515. The summed E-state index contributed by atoms with van der Waals surface area (Å²) in [5, 5.41) is 3.26. The highest BCUT2D eigenvalue weighted by Crippen LogP contribution is 2.29. The molecule has 0 fully saturated rings. The van der Waals surface area contributed by atoms with Crippen molar-refractivity contribution >= 4 is 42.6 Å². The van der Waals surface area contributed by atoms with Gasteiger partial charge in [-0.15, -0.1) is 0 Å². The summed E-state index contributed by atoms with van der Waals surface area (Å²) < 4.78 is 26.3. The van der Waals surface area contributed by atoms with Gasteiger partial charge < -0.3 is 5.32 Å². The molecule has 2 aromatic carbocycles. The van der Waals surface area contributed by atoms with Crippen LogP contribution in [0, 0.1) is 0 Å². The van der Waals surface area contributed by atoms with Gasteiger partial charge in [-0.25, -0.2) is 17.7 Å². The maximum Gasteiger partial charge on any atom is 0.242 e. The van der Waals surface area contributed by atoms with Crippen LogP contribution in [0.25, 0.3) is 10.2 Å². The Kier molecular flexibility index (Phi) is 5.36. The maximum absolute atomic E-state index is 12.2. The molecule has 0 unspecified atom stereocenters. The number of rotatable bonds is 6. The second-order valence-electron chi connectivity index (χ2n) is 5.97. The molecule has 1 aromatic heterocycles. The molecule has 1 amide bonds. The molecule has 0 radical (unpaired) electrons. The Morgan fingerprint density at radius 1 is 1.15 bits per heavy atom. The highest BCUT2D eigenvalue weighted by atomic mass is 32.2. The molecule has 136 valence electrons. The van der Waals surface area contributed by atoms with Crippen LogP contribution >= 0.6 is 11.3 Å². The molecule has 8 heteroatoms. The fourth-order valence-electron chi connectivity index (χ4n) is 2.41. The van der Waals surface area contributed by atoms with Crippen molar-refractivity contribution in [2.24, 2.45) is 0 Å². The number of amides is 1. The van der Waals surface area contributed by atoms with Gasteiger partial charge in [0.15, 0.2) is 5.13 Å². The molecule has 0 saturated heterocycles. The van der Waals surface area contributed by atoms with E-state index in [1.54, 1.807) is 12.1 Å². The number of aryl methyl sites for hydroxylation is 1. The van der Waals surface area contributed by atoms with Gasteiger partial charge in [-0.05, 0) is 30.2 Å². The lowest BCUT2D eigenvalue weighted by Gasteiger charge is -2.10. The minimum Gasteiger partial charge on any atom is -0.302 e. The molecule has 1 heterocycles. The first-order valence-electron chi connectivity index (χ1n) is 8.03. The van der Waals surface area contributed by atoms with Crippen molar-refractivity contribution in [1.29, 1.82) is 0 Å². The molecule has 0 spiro atoms. The Labute approximate surface area is 156 Å². The minimum atomic E-state index is -3.50. The number of nitrogens with zero attached hydrogens (tertiary/aromatic N) is 2. The van der Waals surface area contributed by atoms with Gasteiger partial charge in [-0.2, -0.15) is 0 Å². The molecule has 3 aromatic rings. The highest BCUT2D eigenvalue weighted by Gasteiger charge is 2.18. The normalized spacial score (nSPS) is 11.8. The van der Waals surface area contributed by atoms with Crippen LogP contribution in [0.4, 0.5) is 5.13 Å². The molecule has 1 N–H and O–H groups in total. The second kappa shape index (κ2) is 7.53. The van der Waals surface area contributed by atoms with Gasteiger partial charge in [0.05, 0.1) is 15.1 Å². The molecule has 0 aliphatic heterocycles. The van der Waals surface area contributed by atoms with E-state index in [0.717, 1.165) is 5.56 Å². The average Bonchev–Trinajstić information content (AvgIpc) is 3.02. The van der Waals surface area contributed by atoms with Crippen LogP contribution in [0.2, 0.25) is 0 Å². The van der Waals surface area contributed by atoms with Gasteiger partial charge >= 0.3 is 0 Å². The Morgan fingerprint density at radius 3 is 2.58 bits per heavy atom. The van der Waals surface area contributed by atoms with E-state index in [-0.39, 0.29) is 10.8 Å². The quantitative estimate of drug-likeness (QED) is 0.702. The molecular formula is C18H19N3O3S2. The third kappa shape index (κ3) is 4.09. The number of nitrogens with one attached hydrogen (secondary N) is 1. The smallest absolute Gasteiger partial charge is 0.242 e. The van der Waals surface area contributed by atoms with Crippen molar-refractivity contribution in [3.05, 3.63) is 54.1 Å². The number of fused-ring (bicyclic) bond motifs is 1. The van der Waals surface area contributed by atoms with Crippen molar-refractivity contribution in [3.63, 3.8) is 0 Å². The van der Waals surface area contributed by atoms with Crippen LogP contribution in [-0.4, -0.2) is 37.7 Å². The monoisotopic (exact) mass is 389 g/mol. The first-order valence-corrected chi connectivity index (χ1v) is 10.3. The van der Waals surface area contributed by atoms with Gasteiger partial charge in [0, 0.05) is 20.5 Å². The number of hydrogen-bond acceptors (Lipinski definition) is 5. The van der Waals surface area contributed by atoms with Crippen LogP contribution in [0.15, 0.2) is 53.4 Å². The van der Waals surface area contributed by atoms with E-state index in [9.17, 15) is 13.2 Å². The van der Waals surface area contributed by atoms with Crippen molar-refractivity contribution in [3.8, 4) is 0 Å². The molecular weight excluding hydrogens is 370 g/mol. The molecule has 0 aliphatic rings. The first kappa shape index (κ1) is 18.5. The number of thiazole rings is 1. The van der Waals surface area contributed by atoms with E-state index in [1.807, 2.05) is 30.3 Å². The lowest BCUT2D eigenvalue weighted by molar-refractivity contribution is -0.116. The summed E-state index contributed by atoms with van der Waals surface area (Å²) in [6.45, 7) is 0. The van der Waals surface area contributed by atoms with Crippen LogP contribution in [0.1, 0.15) is 12.0 Å². The minimum absolute atomic E-state index is 0.117. The standard InChI is InChI=1S/C18H19N3O3S2/c1-21(2)26(23,24)14-9-10-15-16(12-14)25-18(19-15)20-17(22)11-8-13-6-4-3-5-7-13/h3-7,9-10,12H,8,11H2,1-2H3,(H,19,20,22). The average molecular weight is 390 g/mol. The van der Waals surface area contributed by atoms with Gasteiger partial charge in [0.25, 0.3) is 0 Å².